The van der Waals surface area contributed by atoms with E-state index >= 15 is 0 Å². The minimum Gasteiger partial charge on any atom is -0.488 e. The van der Waals surface area contributed by atoms with Crippen LogP contribution in [0.4, 0.5) is 5.69 Å². The van der Waals surface area contributed by atoms with Gasteiger partial charge in [0, 0.05) is 5.69 Å². The van der Waals surface area contributed by atoms with Crippen molar-refractivity contribution in [2.45, 2.75) is 6.92 Å². The Labute approximate surface area is 141 Å². The summed E-state index contributed by atoms with van der Waals surface area (Å²) in [6, 6.07) is 21.1. The second-order valence-electron chi connectivity index (χ2n) is 5.76. The molecule has 1 amide bonds. The van der Waals surface area contributed by atoms with Crippen LogP contribution in [0.5, 0.6) is 5.75 Å². The third-order valence-electron chi connectivity index (χ3n) is 3.61. The third-order valence-corrected chi connectivity index (χ3v) is 3.61. The van der Waals surface area contributed by atoms with E-state index in [1.54, 1.807) is 12.1 Å². The molecule has 1 N–H and O–H groups in total. The lowest BCUT2D eigenvalue weighted by atomic mass is 10.1. The Morgan fingerprint density at radius 2 is 1.71 bits per heavy atom. The van der Waals surface area contributed by atoms with Crippen molar-refractivity contribution in [1.29, 1.82) is 0 Å². The van der Waals surface area contributed by atoms with Crippen molar-refractivity contribution < 1.29 is 9.53 Å². The van der Waals surface area contributed by atoms with Crippen molar-refractivity contribution >= 4 is 22.4 Å². The molecule has 120 valence electrons. The summed E-state index contributed by atoms with van der Waals surface area (Å²) in [7, 11) is 0. The SMILES string of the molecule is C=C(C)COc1ccccc1C(=O)Nc1ccc2ccccc2c1. The van der Waals surface area contributed by atoms with E-state index in [1.807, 2.05) is 61.5 Å². The smallest absolute Gasteiger partial charge is 0.259 e. The maximum Gasteiger partial charge on any atom is 0.259 e. The standard InChI is InChI=1S/C21H19NO2/c1-15(2)14-24-20-10-6-5-9-19(20)21(23)22-18-12-11-16-7-3-4-8-17(16)13-18/h3-13H,1,14H2,2H3,(H,22,23). The Balaban J connectivity index is 1.82. The van der Waals surface area contributed by atoms with Gasteiger partial charge in [0.15, 0.2) is 0 Å². The van der Waals surface area contributed by atoms with Crippen molar-refractivity contribution in [3.8, 4) is 5.75 Å². The minimum atomic E-state index is -0.192. The van der Waals surface area contributed by atoms with Gasteiger partial charge in [0.05, 0.1) is 5.56 Å². The molecule has 0 fully saturated rings. The Morgan fingerprint density at radius 1 is 1.00 bits per heavy atom. The van der Waals surface area contributed by atoms with Gasteiger partial charge in [-0.15, -0.1) is 0 Å². The topological polar surface area (TPSA) is 38.3 Å². The van der Waals surface area contributed by atoms with Crippen LogP contribution in [-0.2, 0) is 0 Å². The number of anilines is 1. The lowest BCUT2D eigenvalue weighted by molar-refractivity contribution is 0.102. The predicted octanol–water partition coefficient (Wildman–Crippen LogP) is 5.05. The third kappa shape index (κ3) is 3.63. The highest BCUT2D eigenvalue weighted by Gasteiger charge is 2.12. The number of ether oxygens (including phenoxy) is 1. The van der Waals surface area contributed by atoms with Crippen molar-refractivity contribution in [3.63, 3.8) is 0 Å². The summed E-state index contributed by atoms with van der Waals surface area (Å²) in [6.45, 7) is 6.09. The molecule has 0 aliphatic rings. The fourth-order valence-electron chi connectivity index (χ4n) is 2.45. The van der Waals surface area contributed by atoms with Gasteiger partial charge >= 0.3 is 0 Å². The summed E-state index contributed by atoms with van der Waals surface area (Å²) in [5.41, 5.74) is 2.17. The van der Waals surface area contributed by atoms with E-state index in [0.717, 1.165) is 22.0 Å². The zero-order valence-electron chi connectivity index (χ0n) is 13.6. The molecular weight excluding hydrogens is 298 g/mol. The quantitative estimate of drug-likeness (QED) is 0.669. The monoisotopic (exact) mass is 317 g/mol. The van der Waals surface area contributed by atoms with E-state index in [0.29, 0.717) is 17.9 Å². The van der Waals surface area contributed by atoms with Gasteiger partial charge in [0.1, 0.15) is 12.4 Å². The number of carbonyl (C=O) groups excluding carboxylic acids is 1. The summed E-state index contributed by atoms with van der Waals surface area (Å²) >= 11 is 0. The second kappa shape index (κ2) is 7.01. The van der Waals surface area contributed by atoms with E-state index in [9.17, 15) is 4.79 Å². The van der Waals surface area contributed by atoms with E-state index in [-0.39, 0.29) is 5.91 Å². The Bertz CT molecular complexity index is 899. The van der Waals surface area contributed by atoms with Crippen LogP contribution in [0, 0.1) is 0 Å². The van der Waals surface area contributed by atoms with Gasteiger partial charge in [-0.3, -0.25) is 4.79 Å². The van der Waals surface area contributed by atoms with Gasteiger partial charge in [-0.2, -0.15) is 0 Å². The molecule has 0 saturated heterocycles. The van der Waals surface area contributed by atoms with Crippen LogP contribution in [0.2, 0.25) is 0 Å². The number of benzene rings is 3. The van der Waals surface area contributed by atoms with Crippen LogP contribution in [0.3, 0.4) is 0 Å². The molecule has 3 aromatic rings. The number of fused-ring (bicyclic) bond motifs is 1. The van der Waals surface area contributed by atoms with Gasteiger partial charge < -0.3 is 10.1 Å². The van der Waals surface area contributed by atoms with Crippen LogP contribution in [0.25, 0.3) is 10.8 Å². The van der Waals surface area contributed by atoms with Crippen LogP contribution in [0.1, 0.15) is 17.3 Å². The Morgan fingerprint density at radius 3 is 2.50 bits per heavy atom. The summed E-state index contributed by atoms with van der Waals surface area (Å²) < 4.78 is 5.67. The molecule has 0 aliphatic heterocycles. The van der Waals surface area contributed by atoms with Crippen LogP contribution in [-0.4, -0.2) is 12.5 Å². The second-order valence-corrected chi connectivity index (χ2v) is 5.76. The molecule has 0 bridgehead atoms. The number of nitrogens with one attached hydrogen (secondary N) is 1. The fourth-order valence-corrected chi connectivity index (χ4v) is 2.45. The van der Waals surface area contributed by atoms with Crippen LogP contribution >= 0.6 is 0 Å². The first-order valence-corrected chi connectivity index (χ1v) is 7.80. The summed E-state index contributed by atoms with van der Waals surface area (Å²) in [5.74, 6) is 0.362. The Hall–Kier alpha value is -3.07. The maximum atomic E-state index is 12.6. The number of rotatable bonds is 5. The van der Waals surface area contributed by atoms with Gasteiger partial charge in [-0.25, -0.2) is 0 Å². The largest absolute Gasteiger partial charge is 0.488 e. The van der Waals surface area contributed by atoms with E-state index < -0.39 is 0 Å². The number of amides is 1. The fraction of sp³-hybridized carbons (Fsp3) is 0.0952. The molecule has 3 nitrogen and oxygen atoms in total. The highest BCUT2D eigenvalue weighted by molar-refractivity contribution is 6.07. The Kier molecular flexibility index (Phi) is 4.62. The van der Waals surface area contributed by atoms with E-state index in [1.165, 1.54) is 0 Å². The predicted molar refractivity (Wildman–Crippen MR) is 98.7 cm³/mol. The zero-order chi connectivity index (χ0) is 16.9. The molecule has 3 heteroatoms. The summed E-state index contributed by atoms with van der Waals surface area (Å²) in [4.78, 5) is 12.6. The van der Waals surface area contributed by atoms with Crippen molar-refractivity contribution in [1.82, 2.24) is 0 Å². The van der Waals surface area contributed by atoms with Crippen LogP contribution in [0.15, 0.2) is 78.9 Å². The van der Waals surface area contributed by atoms with Gasteiger partial charge in [0.2, 0.25) is 0 Å². The first-order valence-electron chi connectivity index (χ1n) is 7.80. The maximum absolute atomic E-state index is 12.6. The number of para-hydroxylation sites is 1. The van der Waals surface area contributed by atoms with E-state index in [4.69, 9.17) is 4.74 Å². The molecule has 0 aromatic heterocycles. The molecule has 0 aliphatic carbocycles. The molecular formula is C21H19NO2. The molecule has 3 rings (SSSR count). The first-order chi connectivity index (χ1) is 11.6. The number of hydrogen-bond acceptors (Lipinski definition) is 2. The minimum absolute atomic E-state index is 0.192. The lowest BCUT2D eigenvalue weighted by Crippen LogP contribution is -2.14. The van der Waals surface area contributed by atoms with Gasteiger partial charge in [0.25, 0.3) is 5.91 Å². The molecule has 24 heavy (non-hydrogen) atoms. The van der Waals surface area contributed by atoms with Gasteiger partial charge in [-0.05, 0) is 47.5 Å². The highest BCUT2D eigenvalue weighted by Crippen LogP contribution is 2.22. The van der Waals surface area contributed by atoms with Gasteiger partial charge in [-0.1, -0.05) is 49.0 Å². The normalized spacial score (nSPS) is 10.4. The molecule has 0 heterocycles. The molecule has 0 saturated carbocycles. The zero-order valence-corrected chi connectivity index (χ0v) is 13.6. The number of hydrogen-bond donors (Lipinski definition) is 1. The average Bonchev–Trinajstić information content (AvgIpc) is 2.60. The molecule has 0 radical (unpaired) electrons. The van der Waals surface area contributed by atoms with Crippen molar-refractivity contribution in [2.24, 2.45) is 0 Å². The molecule has 0 atom stereocenters. The highest BCUT2D eigenvalue weighted by atomic mass is 16.5. The molecule has 0 spiro atoms. The summed E-state index contributed by atoms with van der Waals surface area (Å²) in [5, 5.41) is 5.16. The first kappa shape index (κ1) is 15.8. The van der Waals surface area contributed by atoms with Crippen molar-refractivity contribution in [3.05, 3.63) is 84.4 Å². The number of carbonyl (C=O) groups is 1. The van der Waals surface area contributed by atoms with Crippen molar-refractivity contribution in [2.75, 3.05) is 11.9 Å². The average molecular weight is 317 g/mol. The molecule has 3 aromatic carbocycles. The molecule has 0 unspecified atom stereocenters. The van der Waals surface area contributed by atoms with E-state index in [2.05, 4.69) is 11.9 Å². The lowest BCUT2D eigenvalue weighted by Gasteiger charge is -2.12. The summed E-state index contributed by atoms with van der Waals surface area (Å²) in [6.07, 6.45) is 0. The van der Waals surface area contributed by atoms with Crippen LogP contribution < -0.4 is 10.1 Å².